The number of para-hydroxylation sites is 1. The van der Waals surface area contributed by atoms with Crippen LogP contribution in [-0.2, 0) is 16.0 Å². The van der Waals surface area contributed by atoms with Gasteiger partial charge in [0.15, 0.2) is 0 Å². The number of halogens is 1. The van der Waals surface area contributed by atoms with Gasteiger partial charge < -0.3 is 11.1 Å². The number of hydrogen-bond acceptors (Lipinski definition) is 3. The summed E-state index contributed by atoms with van der Waals surface area (Å²) in [5, 5.41) is 7.30. The summed E-state index contributed by atoms with van der Waals surface area (Å²) in [5.41, 5.74) is 9.17. The molecule has 1 atom stereocenters. The number of primary amides is 1. The highest BCUT2D eigenvalue weighted by Gasteiger charge is 2.18. The first kappa shape index (κ1) is 22.7. The van der Waals surface area contributed by atoms with E-state index in [0.717, 1.165) is 11.3 Å². The Morgan fingerprint density at radius 1 is 0.971 bits per heavy atom. The highest BCUT2D eigenvalue weighted by atomic mass is 19.1. The van der Waals surface area contributed by atoms with Crippen molar-refractivity contribution >= 4 is 17.9 Å². The van der Waals surface area contributed by atoms with Gasteiger partial charge in [-0.05, 0) is 48.0 Å². The molecule has 1 heterocycles. The van der Waals surface area contributed by atoms with Crippen LogP contribution in [0.1, 0.15) is 11.1 Å². The SMILES string of the molecule is NC(=O)C(Cc1ccccc1)NC(=O)/C=C/c1cn(-c2ccccc2)nc1-c1ccc(F)cc1. The normalized spacial score (nSPS) is 11.9. The summed E-state index contributed by atoms with van der Waals surface area (Å²) in [6.45, 7) is 0. The molecule has 170 valence electrons. The maximum absolute atomic E-state index is 13.4. The number of amides is 2. The second-order valence-corrected chi connectivity index (χ2v) is 7.71. The summed E-state index contributed by atoms with van der Waals surface area (Å²) in [4.78, 5) is 24.5. The van der Waals surface area contributed by atoms with Crippen molar-refractivity contribution < 1.29 is 14.0 Å². The fourth-order valence-corrected chi connectivity index (χ4v) is 3.51. The second kappa shape index (κ2) is 10.4. The van der Waals surface area contributed by atoms with Gasteiger partial charge in [-0.25, -0.2) is 9.07 Å². The van der Waals surface area contributed by atoms with Crippen molar-refractivity contribution in [3.8, 4) is 16.9 Å². The predicted molar refractivity (Wildman–Crippen MR) is 129 cm³/mol. The van der Waals surface area contributed by atoms with E-state index in [9.17, 15) is 14.0 Å². The Balaban J connectivity index is 1.58. The summed E-state index contributed by atoms with van der Waals surface area (Å²) in [6, 6.07) is 24.0. The average Bonchev–Trinajstić information content (AvgIpc) is 3.28. The number of aromatic nitrogens is 2. The average molecular weight is 455 g/mol. The van der Waals surface area contributed by atoms with Crippen LogP contribution in [0.4, 0.5) is 4.39 Å². The minimum atomic E-state index is -0.844. The van der Waals surface area contributed by atoms with E-state index in [1.807, 2.05) is 60.7 Å². The van der Waals surface area contributed by atoms with E-state index in [-0.39, 0.29) is 5.82 Å². The quantitative estimate of drug-likeness (QED) is 0.396. The monoisotopic (exact) mass is 454 g/mol. The molecule has 3 N–H and O–H groups in total. The van der Waals surface area contributed by atoms with Gasteiger partial charge in [0, 0.05) is 29.8 Å². The van der Waals surface area contributed by atoms with Gasteiger partial charge >= 0.3 is 0 Å². The third kappa shape index (κ3) is 5.63. The van der Waals surface area contributed by atoms with Crippen molar-refractivity contribution in [3.05, 3.63) is 114 Å². The standard InChI is InChI=1S/C27H23FN4O2/c28-22-14-11-20(12-15-22)26-21(18-32(31-26)23-9-5-2-6-10-23)13-16-25(33)30-24(27(29)34)17-19-7-3-1-4-8-19/h1-16,18,24H,17H2,(H2,29,34)(H,30,33)/b16-13+. The number of carbonyl (C=O) groups excluding carboxylic acids is 2. The Morgan fingerprint density at radius 3 is 2.26 bits per heavy atom. The van der Waals surface area contributed by atoms with Gasteiger partial charge in [-0.1, -0.05) is 48.5 Å². The van der Waals surface area contributed by atoms with Crippen molar-refractivity contribution in [3.63, 3.8) is 0 Å². The maximum Gasteiger partial charge on any atom is 0.244 e. The molecule has 34 heavy (non-hydrogen) atoms. The Bertz CT molecular complexity index is 1300. The van der Waals surface area contributed by atoms with Crippen LogP contribution in [0.15, 0.2) is 97.2 Å². The summed E-state index contributed by atoms with van der Waals surface area (Å²) in [6.07, 6.45) is 5.03. The minimum absolute atomic E-state index is 0.294. The summed E-state index contributed by atoms with van der Waals surface area (Å²) < 4.78 is 15.1. The molecule has 6 nitrogen and oxygen atoms in total. The van der Waals surface area contributed by atoms with Crippen LogP contribution in [0.2, 0.25) is 0 Å². The molecule has 1 unspecified atom stereocenters. The number of nitrogens with zero attached hydrogens (tertiary/aromatic N) is 2. The summed E-state index contributed by atoms with van der Waals surface area (Å²) in [7, 11) is 0. The number of hydrogen-bond donors (Lipinski definition) is 2. The lowest BCUT2D eigenvalue weighted by Crippen LogP contribution is -2.45. The molecule has 0 fully saturated rings. The van der Waals surface area contributed by atoms with Crippen LogP contribution in [0.25, 0.3) is 23.0 Å². The number of rotatable bonds is 8. The molecule has 0 radical (unpaired) electrons. The second-order valence-electron chi connectivity index (χ2n) is 7.71. The third-order valence-electron chi connectivity index (χ3n) is 5.24. The number of benzene rings is 3. The van der Waals surface area contributed by atoms with Crippen LogP contribution >= 0.6 is 0 Å². The zero-order valence-electron chi connectivity index (χ0n) is 18.3. The smallest absolute Gasteiger partial charge is 0.244 e. The van der Waals surface area contributed by atoms with Crippen molar-refractivity contribution in [1.82, 2.24) is 15.1 Å². The first-order chi connectivity index (χ1) is 16.5. The highest BCUT2D eigenvalue weighted by Crippen LogP contribution is 2.25. The van der Waals surface area contributed by atoms with E-state index in [4.69, 9.17) is 5.73 Å². The van der Waals surface area contributed by atoms with Gasteiger partial charge in [0.05, 0.1) is 11.4 Å². The maximum atomic E-state index is 13.4. The Morgan fingerprint density at radius 2 is 1.62 bits per heavy atom. The van der Waals surface area contributed by atoms with E-state index in [0.29, 0.717) is 23.2 Å². The molecule has 3 aromatic carbocycles. The largest absolute Gasteiger partial charge is 0.368 e. The van der Waals surface area contributed by atoms with Gasteiger partial charge in [0.1, 0.15) is 11.9 Å². The molecule has 4 rings (SSSR count). The molecule has 0 aliphatic heterocycles. The highest BCUT2D eigenvalue weighted by molar-refractivity contribution is 5.96. The van der Waals surface area contributed by atoms with Gasteiger partial charge in [-0.2, -0.15) is 5.10 Å². The number of nitrogens with two attached hydrogens (primary N) is 1. The lowest BCUT2D eigenvalue weighted by molar-refractivity contribution is -0.124. The van der Waals surface area contributed by atoms with Crippen molar-refractivity contribution in [2.75, 3.05) is 0 Å². The lowest BCUT2D eigenvalue weighted by atomic mass is 10.1. The third-order valence-corrected chi connectivity index (χ3v) is 5.24. The predicted octanol–water partition coefficient (Wildman–Crippen LogP) is 3.90. The molecule has 2 amide bonds. The van der Waals surface area contributed by atoms with Crippen LogP contribution in [0, 0.1) is 5.82 Å². The van der Waals surface area contributed by atoms with E-state index in [1.54, 1.807) is 29.1 Å². The number of nitrogens with one attached hydrogen (secondary N) is 1. The van der Waals surface area contributed by atoms with Crippen molar-refractivity contribution in [1.29, 1.82) is 0 Å². The van der Waals surface area contributed by atoms with Crippen molar-refractivity contribution in [2.45, 2.75) is 12.5 Å². The van der Waals surface area contributed by atoms with Gasteiger partial charge in [0.25, 0.3) is 0 Å². The zero-order valence-corrected chi connectivity index (χ0v) is 18.3. The van der Waals surface area contributed by atoms with Crippen LogP contribution in [-0.4, -0.2) is 27.6 Å². The molecule has 0 spiro atoms. The molecular formula is C27H23FN4O2. The fraction of sp³-hybridized carbons (Fsp3) is 0.0741. The van der Waals surface area contributed by atoms with E-state index in [2.05, 4.69) is 10.4 Å². The molecule has 0 saturated heterocycles. The topological polar surface area (TPSA) is 90.0 Å². The zero-order chi connectivity index (χ0) is 23.9. The molecule has 0 aliphatic carbocycles. The lowest BCUT2D eigenvalue weighted by Gasteiger charge is -2.14. The minimum Gasteiger partial charge on any atom is -0.368 e. The van der Waals surface area contributed by atoms with Crippen LogP contribution < -0.4 is 11.1 Å². The molecule has 7 heteroatoms. The Hall–Kier alpha value is -4.52. The van der Waals surface area contributed by atoms with Gasteiger partial charge in [0.2, 0.25) is 11.8 Å². The molecule has 0 bridgehead atoms. The molecule has 1 aromatic heterocycles. The molecule has 0 saturated carbocycles. The molecule has 4 aromatic rings. The van der Waals surface area contributed by atoms with Crippen LogP contribution in [0.5, 0.6) is 0 Å². The first-order valence-electron chi connectivity index (χ1n) is 10.7. The Kier molecular flexibility index (Phi) is 6.93. The van der Waals surface area contributed by atoms with Gasteiger partial charge in [-0.15, -0.1) is 0 Å². The van der Waals surface area contributed by atoms with Crippen molar-refractivity contribution in [2.24, 2.45) is 5.73 Å². The van der Waals surface area contributed by atoms with Crippen LogP contribution in [0.3, 0.4) is 0 Å². The van der Waals surface area contributed by atoms with E-state index < -0.39 is 17.9 Å². The number of carbonyl (C=O) groups is 2. The summed E-state index contributed by atoms with van der Waals surface area (Å²) >= 11 is 0. The first-order valence-corrected chi connectivity index (χ1v) is 10.7. The summed E-state index contributed by atoms with van der Waals surface area (Å²) in [5.74, 6) is -1.43. The van der Waals surface area contributed by atoms with E-state index in [1.165, 1.54) is 18.2 Å². The molecular weight excluding hydrogens is 431 g/mol. The fourth-order valence-electron chi connectivity index (χ4n) is 3.51. The van der Waals surface area contributed by atoms with E-state index >= 15 is 0 Å². The van der Waals surface area contributed by atoms with Gasteiger partial charge in [-0.3, -0.25) is 9.59 Å². The Labute approximate surface area is 196 Å². The molecule has 0 aliphatic rings.